The zero-order valence-electron chi connectivity index (χ0n) is 9.45. The number of nitrogen functional groups attached to an aromatic ring is 1. The maximum absolute atomic E-state index is 10.9. The highest BCUT2D eigenvalue weighted by atomic mass is 16.4. The molecule has 3 N–H and O–H groups in total. The van der Waals surface area contributed by atoms with Crippen LogP contribution >= 0.6 is 0 Å². The van der Waals surface area contributed by atoms with Crippen LogP contribution in [0.1, 0.15) is 18.9 Å². The second kappa shape index (κ2) is 3.80. The van der Waals surface area contributed by atoms with Crippen molar-refractivity contribution in [1.29, 1.82) is 0 Å². The molecule has 92 valence electrons. The third-order valence-electron chi connectivity index (χ3n) is 3.15. The van der Waals surface area contributed by atoms with Crippen molar-refractivity contribution in [1.82, 2.24) is 19.5 Å². The Morgan fingerprint density at radius 3 is 3.00 bits per heavy atom. The van der Waals surface area contributed by atoms with Crippen LogP contribution in [0.3, 0.4) is 0 Å². The van der Waals surface area contributed by atoms with Crippen LogP contribution in [-0.4, -0.2) is 30.6 Å². The Hall–Kier alpha value is -2.44. The average molecular weight is 245 g/mol. The van der Waals surface area contributed by atoms with Gasteiger partial charge in [-0.25, -0.2) is 19.7 Å². The minimum absolute atomic E-state index is 0.0374. The lowest BCUT2D eigenvalue weighted by Gasteiger charge is -2.11. The van der Waals surface area contributed by atoms with Gasteiger partial charge in [0.15, 0.2) is 11.5 Å². The first-order valence-corrected chi connectivity index (χ1v) is 5.52. The molecule has 7 nitrogen and oxygen atoms in total. The first-order chi connectivity index (χ1) is 8.66. The van der Waals surface area contributed by atoms with Crippen LogP contribution in [0.2, 0.25) is 0 Å². The number of fused-ring (bicyclic) bond motifs is 1. The molecule has 1 atom stereocenters. The minimum Gasteiger partial charge on any atom is -0.478 e. The molecule has 0 amide bonds. The first-order valence-electron chi connectivity index (χ1n) is 5.52. The summed E-state index contributed by atoms with van der Waals surface area (Å²) < 4.78 is 1.86. The summed E-state index contributed by atoms with van der Waals surface area (Å²) in [6.07, 6.45) is 5.90. The lowest BCUT2D eigenvalue weighted by Crippen LogP contribution is -2.07. The standard InChI is InChI=1S/C11H11N5O2/c12-9-8-10(14-4-13-9)16(5-15-8)7-2-1-6(3-7)11(17)18/h1,4-5,7H,2-3H2,(H,17,18)(H2,12,13,14). The van der Waals surface area contributed by atoms with Crippen molar-refractivity contribution in [3.8, 4) is 0 Å². The van der Waals surface area contributed by atoms with Gasteiger partial charge in [-0.1, -0.05) is 6.08 Å². The van der Waals surface area contributed by atoms with Crippen molar-refractivity contribution < 1.29 is 9.90 Å². The van der Waals surface area contributed by atoms with Gasteiger partial charge in [-0.15, -0.1) is 0 Å². The number of hydrogen-bond donors (Lipinski definition) is 2. The molecule has 0 radical (unpaired) electrons. The van der Waals surface area contributed by atoms with Gasteiger partial charge >= 0.3 is 5.97 Å². The number of aromatic nitrogens is 4. The van der Waals surface area contributed by atoms with E-state index in [-0.39, 0.29) is 6.04 Å². The lowest BCUT2D eigenvalue weighted by molar-refractivity contribution is -0.132. The maximum atomic E-state index is 10.9. The van der Waals surface area contributed by atoms with E-state index < -0.39 is 5.97 Å². The van der Waals surface area contributed by atoms with E-state index in [2.05, 4.69) is 15.0 Å². The van der Waals surface area contributed by atoms with Gasteiger partial charge in [0.25, 0.3) is 0 Å². The number of carboxylic acids is 1. The molecule has 1 unspecified atom stereocenters. The van der Waals surface area contributed by atoms with Gasteiger partial charge in [0, 0.05) is 18.0 Å². The fraction of sp³-hybridized carbons (Fsp3) is 0.273. The molecular weight excluding hydrogens is 234 g/mol. The van der Waals surface area contributed by atoms with Crippen molar-refractivity contribution in [3.63, 3.8) is 0 Å². The van der Waals surface area contributed by atoms with E-state index in [1.165, 1.54) is 6.33 Å². The molecule has 0 saturated carbocycles. The normalized spacial score (nSPS) is 19.1. The summed E-state index contributed by atoms with van der Waals surface area (Å²) in [6.45, 7) is 0. The van der Waals surface area contributed by atoms with E-state index in [0.29, 0.717) is 35.4 Å². The Kier molecular flexibility index (Phi) is 2.26. The predicted molar refractivity (Wildman–Crippen MR) is 63.7 cm³/mol. The van der Waals surface area contributed by atoms with E-state index >= 15 is 0 Å². The molecule has 0 bridgehead atoms. The molecule has 0 saturated heterocycles. The summed E-state index contributed by atoms with van der Waals surface area (Å²) in [6, 6.07) is 0.0374. The Morgan fingerprint density at radius 2 is 2.28 bits per heavy atom. The number of rotatable bonds is 2. The summed E-state index contributed by atoms with van der Waals surface area (Å²) >= 11 is 0. The van der Waals surface area contributed by atoms with Crippen LogP contribution in [0.5, 0.6) is 0 Å². The summed E-state index contributed by atoms with van der Waals surface area (Å²) in [5.41, 5.74) is 7.35. The molecule has 1 aliphatic carbocycles. The number of nitrogens with two attached hydrogens (primary N) is 1. The highest BCUT2D eigenvalue weighted by Gasteiger charge is 2.24. The molecule has 3 rings (SSSR count). The number of nitrogens with zero attached hydrogens (tertiary/aromatic N) is 4. The Balaban J connectivity index is 1.98. The zero-order valence-corrected chi connectivity index (χ0v) is 9.45. The SMILES string of the molecule is Nc1ncnc2c1ncn2C1CC=C(C(=O)O)C1. The van der Waals surface area contributed by atoms with Crippen molar-refractivity contribution >= 4 is 23.0 Å². The second-order valence-corrected chi connectivity index (χ2v) is 4.21. The zero-order chi connectivity index (χ0) is 12.7. The summed E-state index contributed by atoms with van der Waals surface area (Å²) in [5, 5.41) is 8.95. The predicted octanol–water partition coefficient (Wildman–Crippen LogP) is 0.754. The topological polar surface area (TPSA) is 107 Å². The fourth-order valence-electron chi connectivity index (χ4n) is 2.22. The highest BCUT2D eigenvalue weighted by molar-refractivity contribution is 5.87. The smallest absolute Gasteiger partial charge is 0.331 e. The summed E-state index contributed by atoms with van der Waals surface area (Å²) in [4.78, 5) is 23.1. The van der Waals surface area contributed by atoms with E-state index in [4.69, 9.17) is 10.8 Å². The van der Waals surface area contributed by atoms with E-state index in [1.54, 1.807) is 12.4 Å². The van der Waals surface area contributed by atoms with Crippen molar-refractivity contribution in [2.75, 3.05) is 5.73 Å². The highest BCUT2D eigenvalue weighted by Crippen LogP contribution is 2.31. The molecule has 2 heterocycles. The molecular formula is C11H11N5O2. The van der Waals surface area contributed by atoms with Crippen LogP contribution in [0.15, 0.2) is 24.3 Å². The quantitative estimate of drug-likeness (QED) is 0.808. The van der Waals surface area contributed by atoms with E-state index in [9.17, 15) is 4.79 Å². The first kappa shape index (κ1) is 10.7. The number of imidazole rings is 1. The lowest BCUT2D eigenvalue weighted by atomic mass is 10.2. The number of allylic oxidation sites excluding steroid dienone is 1. The van der Waals surface area contributed by atoms with Crippen LogP contribution in [0, 0.1) is 0 Å². The second-order valence-electron chi connectivity index (χ2n) is 4.21. The van der Waals surface area contributed by atoms with Crippen molar-refractivity contribution in [2.24, 2.45) is 0 Å². The molecule has 0 spiro atoms. The third kappa shape index (κ3) is 1.52. The fourth-order valence-corrected chi connectivity index (χ4v) is 2.22. The summed E-state index contributed by atoms with van der Waals surface area (Å²) in [5.74, 6) is -0.528. The third-order valence-corrected chi connectivity index (χ3v) is 3.15. The summed E-state index contributed by atoms with van der Waals surface area (Å²) in [7, 11) is 0. The van der Waals surface area contributed by atoms with Gasteiger partial charge in [0.2, 0.25) is 0 Å². The molecule has 18 heavy (non-hydrogen) atoms. The largest absolute Gasteiger partial charge is 0.478 e. The monoisotopic (exact) mass is 245 g/mol. The van der Waals surface area contributed by atoms with Crippen molar-refractivity contribution in [3.05, 3.63) is 24.3 Å². The van der Waals surface area contributed by atoms with E-state index in [0.717, 1.165) is 0 Å². The number of anilines is 1. The van der Waals surface area contributed by atoms with Gasteiger partial charge in [-0.05, 0) is 6.42 Å². The van der Waals surface area contributed by atoms with Gasteiger partial charge < -0.3 is 15.4 Å². The van der Waals surface area contributed by atoms with Crippen LogP contribution in [0.25, 0.3) is 11.2 Å². The maximum Gasteiger partial charge on any atom is 0.331 e. The molecule has 7 heteroatoms. The molecule has 0 aromatic carbocycles. The average Bonchev–Trinajstić information content (AvgIpc) is 2.94. The Morgan fingerprint density at radius 1 is 1.44 bits per heavy atom. The number of carbonyl (C=O) groups is 1. The Labute approximate surface area is 102 Å². The van der Waals surface area contributed by atoms with Gasteiger partial charge in [0.1, 0.15) is 11.8 Å². The van der Waals surface area contributed by atoms with Gasteiger partial charge in [-0.3, -0.25) is 0 Å². The minimum atomic E-state index is -0.865. The van der Waals surface area contributed by atoms with Gasteiger partial charge in [0.05, 0.1) is 6.33 Å². The van der Waals surface area contributed by atoms with Crippen LogP contribution in [-0.2, 0) is 4.79 Å². The number of aliphatic carboxylic acids is 1. The molecule has 0 fully saturated rings. The van der Waals surface area contributed by atoms with Gasteiger partial charge in [-0.2, -0.15) is 0 Å². The molecule has 0 aliphatic heterocycles. The van der Waals surface area contributed by atoms with Crippen molar-refractivity contribution in [2.45, 2.75) is 18.9 Å². The van der Waals surface area contributed by atoms with Crippen LogP contribution < -0.4 is 5.73 Å². The van der Waals surface area contributed by atoms with E-state index in [1.807, 2.05) is 4.57 Å². The van der Waals surface area contributed by atoms with Crippen LogP contribution in [0.4, 0.5) is 5.82 Å². The Bertz CT molecular complexity index is 660. The molecule has 2 aromatic heterocycles. The number of hydrogen-bond acceptors (Lipinski definition) is 5. The molecule has 2 aromatic rings. The molecule has 1 aliphatic rings. The number of carboxylic acid groups (broad SMARTS) is 1.